The molecule has 0 unspecified atom stereocenters. The van der Waals surface area contributed by atoms with Crippen molar-refractivity contribution in [1.29, 1.82) is 0 Å². The van der Waals surface area contributed by atoms with Gasteiger partial charge in [-0.3, -0.25) is 4.79 Å². The first-order chi connectivity index (χ1) is 9.15. The van der Waals surface area contributed by atoms with Gasteiger partial charge in [0.15, 0.2) is 0 Å². The second kappa shape index (κ2) is 7.06. The van der Waals surface area contributed by atoms with Crippen LogP contribution in [0.2, 0.25) is 0 Å². The molecule has 1 amide bonds. The van der Waals surface area contributed by atoms with Crippen LogP contribution in [0.5, 0.6) is 0 Å². The number of halogens is 1. The lowest BCUT2D eigenvalue weighted by atomic mass is 9.94. The van der Waals surface area contributed by atoms with Crippen LogP contribution in [0, 0.1) is 5.92 Å². The number of hydrogen-bond donors (Lipinski definition) is 2. The van der Waals surface area contributed by atoms with Crippen LogP contribution in [0.15, 0.2) is 28.7 Å². The van der Waals surface area contributed by atoms with E-state index in [0.717, 1.165) is 36.0 Å². The first kappa shape index (κ1) is 14.5. The first-order valence-electron chi connectivity index (χ1n) is 6.90. The van der Waals surface area contributed by atoms with Crippen LogP contribution in [0.4, 0.5) is 0 Å². The van der Waals surface area contributed by atoms with Crippen LogP contribution in [0.25, 0.3) is 0 Å². The molecule has 3 nitrogen and oxygen atoms in total. The molecule has 2 N–H and O–H groups in total. The van der Waals surface area contributed by atoms with Crippen molar-refractivity contribution >= 4 is 21.8 Å². The topological polar surface area (TPSA) is 41.1 Å². The van der Waals surface area contributed by atoms with E-state index in [1.165, 1.54) is 0 Å². The second-order valence-electron chi connectivity index (χ2n) is 5.24. The summed E-state index contributed by atoms with van der Waals surface area (Å²) in [5.74, 6) is 0.709. The van der Waals surface area contributed by atoms with Crippen molar-refractivity contribution in [1.82, 2.24) is 10.6 Å². The van der Waals surface area contributed by atoms with Crippen molar-refractivity contribution in [3.05, 3.63) is 34.3 Å². The molecule has 104 valence electrons. The second-order valence-corrected chi connectivity index (χ2v) is 6.15. The third-order valence-electron chi connectivity index (χ3n) is 3.68. The van der Waals surface area contributed by atoms with Gasteiger partial charge in [0.05, 0.1) is 6.04 Å². The van der Waals surface area contributed by atoms with Crippen molar-refractivity contribution < 1.29 is 4.79 Å². The minimum atomic E-state index is 0.0716. The molecule has 0 aromatic heterocycles. The van der Waals surface area contributed by atoms with Gasteiger partial charge in [0.25, 0.3) is 0 Å². The molecule has 19 heavy (non-hydrogen) atoms. The van der Waals surface area contributed by atoms with Gasteiger partial charge in [-0.2, -0.15) is 0 Å². The number of benzene rings is 1. The van der Waals surface area contributed by atoms with E-state index in [4.69, 9.17) is 0 Å². The summed E-state index contributed by atoms with van der Waals surface area (Å²) in [5.41, 5.74) is 1.14. The average Bonchev–Trinajstić information content (AvgIpc) is 2.40. The smallest absolute Gasteiger partial charge is 0.220 e. The number of rotatable bonds is 4. The Kier molecular flexibility index (Phi) is 5.40. The minimum absolute atomic E-state index is 0.0716. The normalized spacial score (nSPS) is 18.0. The number of hydrogen-bond acceptors (Lipinski definition) is 2. The van der Waals surface area contributed by atoms with Crippen LogP contribution in [-0.2, 0) is 4.79 Å². The summed E-state index contributed by atoms with van der Waals surface area (Å²) in [6.45, 7) is 4.12. The van der Waals surface area contributed by atoms with E-state index in [1.54, 1.807) is 0 Å². The number of amides is 1. The maximum atomic E-state index is 12.0. The predicted molar refractivity (Wildman–Crippen MR) is 80.9 cm³/mol. The average molecular weight is 325 g/mol. The molecule has 0 spiro atoms. The van der Waals surface area contributed by atoms with Gasteiger partial charge in [-0.05, 0) is 56.5 Å². The summed E-state index contributed by atoms with van der Waals surface area (Å²) in [6, 6.07) is 8.16. The van der Waals surface area contributed by atoms with Gasteiger partial charge in [-0.15, -0.1) is 0 Å². The highest BCUT2D eigenvalue weighted by Crippen LogP contribution is 2.19. The summed E-state index contributed by atoms with van der Waals surface area (Å²) in [5, 5.41) is 6.41. The van der Waals surface area contributed by atoms with Crippen LogP contribution in [0.1, 0.15) is 37.8 Å². The Bertz CT molecular complexity index is 413. The van der Waals surface area contributed by atoms with E-state index in [9.17, 15) is 4.79 Å². The maximum absolute atomic E-state index is 12.0. The van der Waals surface area contributed by atoms with Gasteiger partial charge in [0, 0.05) is 10.9 Å². The van der Waals surface area contributed by atoms with Crippen molar-refractivity contribution in [3.63, 3.8) is 0 Å². The van der Waals surface area contributed by atoms with Gasteiger partial charge >= 0.3 is 0 Å². The zero-order valence-electron chi connectivity index (χ0n) is 11.3. The SMILES string of the molecule is C[C@@H](NC(=O)CC1CCNCC1)c1ccc(Br)cc1. The monoisotopic (exact) mass is 324 g/mol. The number of carbonyl (C=O) groups excluding carboxylic acids is 1. The Morgan fingerprint density at radius 3 is 2.63 bits per heavy atom. The van der Waals surface area contributed by atoms with Gasteiger partial charge in [-0.1, -0.05) is 28.1 Å². The first-order valence-corrected chi connectivity index (χ1v) is 7.70. The fourth-order valence-electron chi connectivity index (χ4n) is 2.48. The summed E-state index contributed by atoms with van der Waals surface area (Å²) >= 11 is 3.42. The Morgan fingerprint density at radius 2 is 2.00 bits per heavy atom. The molecule has 1 fully saturated rings. The zero-order valence-corrected chi connectivity index (χ0v) is 12.9. The molecule has 4 heteroatoms. The van der Waals surface area contributed by atoms with Gasteiger partial charge in [0.1, 0.15) is 0 Å². The van der Waals surface area contributed by atoms with Gasteiger partial charge < -0.3 is 10.6 Å². The third kappa shape index (κ3) is 4.62. The van der Waals surface area contributed by atoms with E-state index in [-0.39, 0.29) is 11.9 Å². The largest absolute Gasteiger partial charge is 0.350 e. The van der Waals surface area contributed by atoms with E-state index in [1.807, 2.05) is 31.2 Å². The molecule has 1 aromatic carbocycles. The number of carbonyl (C=O) groups is 1. The molecular weight excluding hydrogens is 304 g/mol. The molecule has 1 aliphatic heterocycles. The standard InChI is InChI=1S/C15H21BrN2O/c1-11(13-2-4-14(16)5-3-13)18-15(19)10-12-6-8-17-9-7-12/h2-5,11-12,17H,6-10H2,1H3,(H,18,19)/t11-/m1/s1. The molecule has 0 aliphatic carbocycles. The fourth-order valence-corrected chi connectivity index (χ4v) is 2.75. The Hall–Kier alpha value is -0.870. The highest BCUT2D eigenvalue weighted by atomic mass is 79.9. The fraction of sp³-hybridized carbons (Fsp3) is 0.533. The van der Waals surface area contributed by atoms with Crippen molar-refractivity contribution in [2.75, 3.05) is 13.1 Å². The molecule has 2 rings (SSSR count). The number of piperidine rings is 1. The highest BCUT2D eigenvalue weighted by Gasteiger charge is 2.18. The lowest BCUT2D eigenvalue weighted by Gasteiger charge is -2.23. The number of nitrogens with one attached hydrogen (secondary N) is 2. The summed E-state index contributed by atoms with van der Waals surface area (Å²) < 4.78 is 1.06. The molecule has 1 heterocycles. The van der Waals surface area contributed by atoms with E-state index >= 15 is 0 Å². The minimum Gasteiger partial charge on any atom is -0.350 e. The van der Waals surface area contributed by atoms with Crippen LogP contribution in [0.3, 0.4) is 0 Å². The molecule has 1 aliphatic rings. The van der Waals surface area contributed by atoms with Gasteiger partial charge in [-0.25, -0.2) is 0 Å². The lowest BCUT2D eigenvalue weighted by molar-refractivity contribution is -0.122. The lowest BCUT2D eigenvalue weighted by Crippen LogP contribution is -2.33. The van der Waals surface area contributed by atoms with Crippen molar-refractivity contribution in [2.45, 2.75) is 32.2 Å². The van der Waals surface area contributed by atoms with Crippen LogP contribution >= 0.6 is 15.9 Å². The third-order valence-corrected chi connectivity index (χ3v) is 4.21. The molecule has 0 saturated carbocycles. The predicted octanol–water partition coefficient (Wildman–Crippen LogP) is 3.02. The van der Waals surface area contributed by atoms with E-state index < -0.39 is 0 Å². The summed E-state index contributed by atoms with van der Waals surface area (Å²) in [6.07, 6.45) is 2.88. The van der Waals surface area contributed by atoms with Gasteiger partial charge in [0.2, 0.25) is 5.91 Å². The molecular formula is C15H21BrN2O. The Morgan fingerprint density at radius 1 is 1.37 bits per heavy atom. The van der Waals surface area contributed by atoms with E-state index in [2.05, 4.69) is 26.6 Å². The molecule has 0 bridgehead atoms. The van der Waals surface area contributed by atoms with Crippen LogP contribution < -0.4 is 10.6 Å². The van der Waals surface area contributed by atoms with E-state index in [0.29, 0.717) is 12.3 Å². The Balaban J connectivity index is 1.82. The molecule has 0 radical (unpaired) electrons. The quantitative estimate of drug-likeness (QED) is 0.893. The molecule has 1 atom stereocenters. The molecule has 1 aromatic rings. The Labute approximate surface area is 123 Å². The maximum Gasteiger partial charge on any atom is 0.220 e. The van der Waals surface area contributed by atoms with Crippen molar-refractivity contribution in [2.24, 2.45) is 5.92 Å². The summed E-state index contributed by atoms with van der Waals surface area (Å²) in [4.78, 5) is 12.0. The van der Waals surface area contributed by atoms with Crippen molar-refractivity contribution in [3.8, 4) is 0 Å². The molecule has 1 saturated heterocycles. The summed E-state index contributed by atoms with van der Waals surface area (Å²) in [7, 11) is 0. The van der Waals surface area contributed by atoms with Crippen LogP contribution in [-0.4, -0.2) is 19.0 Å². The zero-order chi connectivity index (χ0) is 13.7. The highest BCUT2D eigenvalue weighted by molar-refractivity contribution is 9.10.